The number of carbonyl (C=O) groups excluding carboxylic acids is 1. The molecule has 1 aromatic heterocycles. The first-order valence-corrected chi connectivity index (χ1v) is 9.28. The van der Waals surface area contributed by atoms with E-state index >= 15 is 0 Å². The van der Waals surface area contributed by atoms with E-state index in [0.29, 0.717) is 31.6 Å². The predicted octanol–water partition coefficient (Wildman–Crippen LogP) is 0.0988. The molecule has 0 aromatic carbocycles. The second kappa shape index (κ2) is 8.52. The highest BCUT2D eigenvalue weighted by Gasteiger charge is 2.32. The molecule has 1 saturated heterocycles. The number of nitrogens with zero attached hydrogens (tertiary/aromatic N) is 3. The van der Waals surface area contributed by atoms with Crippen molar-refractivity contribution in [3.8, 4) is 0 Å². The van der Waals surface area contributed by atoms with Gasteiger partial charge in [0, 0.05) is 64.4 Å². The second-order valence-electron chi connectivity index (χ2n) is 5.74. The third kappa shape index (κ3) is 4.73. The van der Waals surface area contributed by atoms with Crippen molar-refractivity contribution in [3.63, 3.8) is 0 Å². The minimum atomic E-state index is -3.55. The largest absolute Gasteiger partial charge is 0.381 e. The highest BCUT2D eigenvalue weighted by molar-refractivity contribution is 7.86. The van der Waals surface area contributed by atoms with Gasteiger partial charge in [-0.3, -0.25) is 9.78 Å². The van der Waals surface area contributed by atoms with Gasteiger partial charge in [0.15, 0.2) is 0 Å². The van der Waals surface area contributed by atoms with Crippen LogP contribution in [0.25, 0.3) is 0 Å². The van der Waals surface area contributed by atoms with Gasteiger partial charge < -0.3 is 10.1 Å². The molecule has 1 aliphatic heterocycles. The Labute approximate surface area is 143 Å². The fraction of sp³-hybridized carbons (Fsp3) is 0.600. The summed E-state index contributed by atoms with van der Waals surface area (Å²) in [5.74, 6) is -0.244. The Morgan fingerprint density at radius 2 is 1.92 bits per heavy atom. The van der Waals surface area contributed by atoms with E-state index in [4.69, 9.17) is 4.74 Å². The number of hydrogen-bond donors (Lipinski definition) is 1. The molecule has 0 aliphatic carbocycles. The van der Waals surface area contributed by atoms with Crippen molar-refractivity contribution in [1.82, 2.24) is 18.9 Å². The van der Waals surface area contributed by atoms with E-state index in [0.717, 1.165) is 0 Å². The molecular formula is C15H24N4O4S. The van der Waals surface area contributed by atoms with Crippen LogP contribution in [0.3, 0.4) is 0 Å². The number of rotatable bonds is 7. The van der Waals surface area contributed by atoms with Gasteiger partial charge in [-0.2, -0.15) is 17.0 Å². The summed E-state index contributed by atoms with van der Waals surface area (Å²) in [6.45, 7) is 1.56. The summed E-state index contributed by atoms with van der Waals surface area (Å²) < 4.78 is 33.1. The van der Waals surface area contributed by atoms with Crippen LogP contribution >= 0.6 is 0 Å². The summed E-state index contributed by atoms with van der Waals surface area (Å²) in [5.41, 5.74) is 0.498. The molecule has 0 unspecified atom stereocenters. The molecule has 0 bridgehead atoms. The van der Waals surface area contributed by atoms with Crippen LogP contribution in [-0.4, -0.2) is 74.4 Å². The maximum absolute atomic E-state index is 12.6. The Bertz CT molecular complexity index is 630. The summed E-state index contributed by atoms with van der Waals surface area (Å²) in [4.78, 5) is 15.9. The van der Waals surface area contributed by atoms with Crippen LogP contribution in [0.4, 0.5) is 0 Å². The Morgan fingerprint density at radius 1 is 1.29 bits per heavy atom. The highest BCUT2D eigenvalue weighted by Crippen LogP contribution is 2.19. The Kier molecular flexibility index (Phi) is 6.67. The predicted molar refractivity (Wildman–Crippen MR) is 89.7 cm³/mol. The van der Waals surface area contributed by atoms with Gasteiger partial charge in [0.1, 0.15) is 0 Å². The maximum Gasteiger partial charge on any atom is 0.281 e. The molecule has 1 aromatic rings. The zero-order chi connectivity index (χ0) is 17.6. The van der Waals surface area contributed by atoms with Gasteiger partial charge >= 0.3 is 0 Å². The lowest BCUT2D eigenvalue weighted by molar-refractivity contribution is 0.0571. The fourth-order valence-electron chi connectivity index (χ4n) is 2.55. The molecule has 1 aliphatic rings. The molecule has 0 radical (unpaired) electrons. The van der Waals surface area contributed by atoms with Crippen molar-refractivity contribution in [3.05, 3.63) is 30.1 Å². The van der Waals surface area contributed by atoms with Crippen molar-refractivity contribution < 1.29 is 17.9 Å². The van der Waals surface area contributed by atoms with Crippen molar-refractivity contribution >= 4 is 16.1 Å². The van der Waals surface area contributed by atoms with Gasteiger partial charge in [-0.05, 0) is 25.0 Å². The van der Waals surface area contributed by atoms with E-state index in [1.807, 2.05) is 0 Å². The summed E-state index contributed by atoms with van der Waals surface area (Å²) in [6, 6.07) is 3.12. The van der Waals surface area contributed by atoms with Crippen LogP contribution in [-0.2, 0) is 14.9 Å². The lowest BCUT2D eigenvalue weighted by Gasteiger charge is -2.34. The highest BCUT2D eigenvalue weighted by atomic mass is 32.2. The Morgan fingerprint density at radius 3 is 2.50 bits per heavy atom. The SMILES string of the molecule is CN(C)S(=O)(=O)N(CCNC(=O)c1ccncc1)C1CCOCC1. The average molecular weight is 356 g/mol. The third-order valence-electron chi connectivity index (χ3n) is 3.92. The summed E-state index contributed by atoms with van der Waals surface area (Å²) in [6.07, 6.45) is 4.40. The van der Waals surface area contributed by atoms with Gasteiger partial charge in [-0.1, -0.05) is 0 Å². The van der Waals surface area contributed by atoms with Crippen molar-refractivity contribution in [2.24, 2.45) is 0 Å². The Hall–Kier alpha value is -1.55. The summed E-state index contributed by atoms with van der Waals surface area (Å²) in [7, 11) is -0.529. The van der Waals surface area contributed by atoms with Crippen molar-refractivity contribution in [2.45, 2.75) is 18.9 Å². The number of pyridine rings is 1. The summed E-state index contributed by atoms with van der Waals surface area (Å²) in [5, 5.41) is 2.76. The molecule has 8 nitrogen and oxygen atoms in total. The second-order valence-corrected chi connectivity index (χ2v) is 7.83. The first kappa shape index (κ1) is 18.8. The van der Waals surface area contributed by atoms with E-state index in [1.165, 1.54) is 22.7 Å². The average Bonchev–Trinajstić information content (AvgIpc) is 2.59. The van der Waals surface area contributed by atoms with Crippen LogP contribution < -0.4 is 5.32 Å². The normalized spacial score (nSPS) is 16.5. The van der Waals surface area contributed by atoms with Crippen LogP contribution in [0.5, 0.6) is 0 Å². The van der Waals surface area contributed by atoms with Gasteiger partial charge in [0.2, 0.25) is 0 Å². The topological polar surface area (TPSA) is 91.8 Å². The third-order valence-corrected chi connectivity index (χ3v) is 5.91. The molecule has 0 atom stereocenters. The van der Waals surface area contributed by atoms with E-state index in [-0.39, 0.29) is 25.0 Å². The van der Waals surface area contributed by atoms with Gasteiger partial charge in [0.25, 0.3) is 16.1 Å². The lowest BCUT2D eigenvalue weighted by Crippen LogP contribution is -2.50. The van der Waals surface area contributed by atoms with Crippen LogP contribution in [0.2, 0.25) is 0 Å². The van der Waals surface area contributed by atoms with Crippen molar-refractivity contribution in [2.75, 3.05) is 40.4 Å². The number of aromatic nitrogens is 1. The zero-order valence-corrected chi connectivity index (χ0v) is 14.8. The molecule has 1 amide bonds. The molecular weight excluding hydrogens is 332 g/mol. The van der Waals surface area contributed by atoms with E-state index in [1.54, 1.807) is 24.5 Å². The molecule has 134 valence electrons. The van der Waals surface area contributed by atoms with Gasteiger partial charge in [0.05, 0.1) is 0 Å². The molecule has 1 N–H and O–H groups in total. The van der Waals surface area contributed by atoms with E-state index in [2.05, 4.69) is 10.3 Å². The molecule has 2 rings (SSSR count). The lowest BCUT2D eigenvalue weighted by atomic mass is 10.1. The quantitative estimate of drug-likeness (QED) is 0.748. The standard InChI is InChI=1S/C15H24N4O4S/c1-18(2)24(21,22)19(14-5-11-23-12-6-14)10-9-17-15(20)13-3-7-16-8-4-13/h3-4,7-8,14H,5-6,9-12H2,1-2H3,(H,17,20). The number of amides is 1. The first-order valence-electron chi connectivity index (χ1n) is 7.88. The number of nitrogens with one attached hydrogen (secondary N) is 1. The molecule has 0 spiro atoms. The van der Waals surface area contributed by atoms with E-state index < -0.39 is 10.2 Å². The molecule has 2 heterocycles. The Balaban J connectivity index is 1.99. The van der Waals surface area contributed by atoms with Crippen LogP contribution in [0.15, 0.2) is 24.5 Å². The number of hydrogen-bond acceptors (Lipinski definition) is 5. The molecule has 24 heavy (non-hydrogen) atoms. The minimum Gasteiger partial charge on any atom is -0.381 e. The van der Waals surface area contributed by atoms with E-state index in [9.17, 15) is 13.2 Å². The molecule has 1 fully saturated rings. The zero-order valence-electron chi connectivity index (χ0n) is 14.0. The van der Waals surface area contributed by atoms with Crippen LogP contribution in [0, 0.1) is 0 Å². The monoisotopic (exact) mass is 356 g/mol. The van der Waals surface area contributed by atoms with Gasteiger partial charge in [-0.25, -0.2) is 0 Å². The first-order chi connectivity index (χ1) is 11.4. The molecule has 9 heteroatoms. The van der Waals surface area contributed by atoms with Crippen molar-refractivity contribution in [1.29, 1.82) is 0 Å². The van der Waals surface area contributed by atoms with Gasteiger partial charge in [-0.15, -0.1) is 0 Å². The molecule has 0 saturated carbocycles. The fourth-order valence-corrected chi connectivity index (χ4v) is 3.88. The van der Waals surface area contributed by atoms with Crippen LogP contribution in [0.1, 0.15) is 23.2 Å². The maximum atomic E-state index is 12.6. The summed E-state index contributed by atoms with van der Waals surface area (Å²) >= 11 is 0. The number of ether oxygens (including phenoxy) is 1. The number of carbonyl (C=O) groups is 1. The minimum absolute atomic E-state index is 0.107. The smallest absolute Gasteiger partial charge is 0.281 e.